The highest BCUT2D eigenvalue weighted by atomic mass is 19.2. The largest absolute Gasteiger partial charge is 0.348 e. The molecule has 1 heterocycles. The third-order valence-electron chi connectivity index (χ3n) is 6.69. The summed E-state index contributed by atoms with van der Waals surface area (Å²) in [5.41, 5.74) is 1.09. The molecule has 3 aliphatic rings. The summed E-state index contributed by atoms with van der Waals surface area (Å²) >= 11 is 0. The Labute approximate surface area is 154 Å². The molecule has 3 fully saturated rings. The average molecular weight is 362 g/mol. The predicted molar refractivity (Wildman–Crippen MR) is 97.1 cm³/mol. The number of hydrogen-bond acceptors (Lipinski definition) is 2. The molecule has 0 amide bonds. The first-order chi connectivity index (χ1) is 12.6. The van der Waals surface area contributed by atoms with Crippen LogP contribution in [0.1, 0.15) is 74.3 Å². The maximum atomic E-state index is 14.9. The molecule has 2 saturated carbocycles. The first-order valence-corrected chi connectivity index (χ1v) is 10.00. The van der Waals surface area contributed by atoms with Crippen LogP contribution in [0.4, 0.5) is 8.78 Å². The van der Waals surface area contributed by atoms with E-state index in [0.29, 0.717) is 30.3 Å². The van der Waals surface area contributed by atoms with E-state index in [1.54, 1.807) is 0 Å². The van der Waals surface area contributed by atoms with E-state index < -0.39 is 17.4 Å². The van der Waals surface area contributed by atoms with Gasteiger partial charge in [-0.05, 0) is 67.4 Å². The molecule has 0 N–H and O–H groups in total. The van der Waals surface area contributed by atoms with E-state index in [-0.39, 0.29) is 11.8 Å². The summed E-state index contributed by atoms with van der Waals surface area (Å²) in [5, 5.41) is 0. The highest BCUT2D eigenvalue weighted by molar-refractivity contribution is 5.32. The fourth-order valence-electron chi connectivity index (χ4n) is 5.03. The van der Waals surface area contributed by atoms with Crippen molar-refractivity contribution in [2.24, 2.45) is 5.92 Å². The first kappa shape index (κ1) is 18.1. The molecule has 0 radical (unpaired) electrons. The van der Waals surface area contributed by atoms with Gasteiger partial charge in [0.15, 0.2) is 17.4 Å². The molecule has 1 aromatic carbocycles. The third-order valence-corrected chi connectivity index (χ3v) is 6.69. The van der Waals surface area contributed by atoms with E-state index in [1.165, 1.54) is 0 Å². The van der Waals surface area contributed by atoms with E-state index in [2.05, 4.69) is 6.58 Å². The predicted octanol–water partition coefficient (Wildman–Crippen LogP) is 5.83. The number of halogens is 2. The van der Waals surface area contributed by atoms with Crippen LogP contribution in [0.2, 0.25) is 0 Å². The van der Waals surface area contributed by atoms with Crippen molar-refractivity contribution in [2.75, 3.05) is 13.2 Å². The Morgan fingerprint density at radius 2 is 1.35 bits per heavy atom. The van der Waals surface area contributed by atoms with Crippen molar-refractivity contribution in [1.82, 2.24) is 0 Å². The van der Waals surface area contributed by atoms with Crippen molar-refractivity contribution in [3.63, 3.8) is 0 Å². The Hall–Kier alpha value is -1.26. The number of rotatable bonds is 3. The quantitative estimate of drug-likeness (QED) is 0.630. The molecule has 1 aliphatic heterocycles. The minimum Gasteiger partial charge on any atom is -0.348 e. The van der Waals surface area contributed by atoms with E-state index in [1.807, 2.05) is 18.2 Å². The SMILES string of the molecule is C=CC1CCC(c2ccc(C3CCC4(CC3)OCCO4)c(F)c2F)CC1. The summed E-state index contributed by atoms with van der Waals surface area (Å²) in [6.07, 6.45) is 8.91. The molecule has 1 saturated heterocycles. The highest BCUT2D eigenvalue weighted by Crippen LogP contribution is 2.44. The summed E-state index contributed by atoms with van der Waals surface area (Å²) < 4.78 is 41.2. The minimum absolute atomic E-state index is 0.0495. The molecule has 26 heavy (non-hydrogen) atoms. The van der Waals surface area contributed by atoms with Gasteiger partial charge in [-0.1, -0.05) is 18.2 Å². The fourth-order valence-corrected chi connectivity index (χ4v) is 5.03. The molecule has 1 aromatic rings. The molecule has 2 aliphatic carbocycles. The van der Waals surface area contributed by atoms with Gasteiger partial charge in [0.25, 0.3) is 0 Å². The van der Waals surface area contributed by atoms with Gasteiger partial charge in [0.1, 0.15) is 0 Å². The van der Waals surface area contributed by atoms with Crippen molar-refractivity contribution in [1.29, 1.82) is 0 Å². The van der Waals surface area contributed by atoms with Gasteiger partial charge >= 0.3 is 0 Å². The molecule has 4 heteroatoms. The summed E-state index contributed by atoms with van der Waals surface area (Å²) in [5.74, 6) is -1.03. The van der Waals surface area contributed by atoms with Crippen LogP contribution in [0, 0.1) is 17.6 Å². The number of ether oxygens (including phenoxy) is 2. The second-order valence-corrected chi connectivity index (χ2v) is 8.10. The van der Waals surface area contributed by atoms with Gasteiger partial charge in [0, 0.05) is 12.8 Å². The molecule has 0 bridgehead atoms. The molecule has 0 unspecified atom stereocenters. The normalized spacial score (nSPS) is 29.2. The monoisotopic (exact) mass is 362 g/mol. The van der Waals surface area contributed by atoms with Crippen LogP contribution in [0.3, 0.4) is 0 Å². The van der Waals surface area contributed by atoms with Crippen LogP contribution in [0.15, 0.2) is 24.8 Å². The molecule has 2 nitrogen and oxygen atoms in total. The number of hydrogen-bond donors (Lipinski definition) is 0. The molecular formula is C22H28F2O2. The van der Waals surface area contributed by atoms with Gasteiger partial charge in [-0.25, -0.2) is 8.78 Å². The Balaban J connectivity index is 1.47. The van der Waals surface area contributed by atoms with Gasteiger partial charge < -0.3 is 9.47 Å². The van der Waals surface area contributed by atoms with E-state index >= 15 is 0 Å². The molecule has 0 atom stereocenters. The van der Waals surface area contributed by atoms with Gasteiger partial charge in [-0.3, -0.25) is 0 Å². The Bertz CT molecular complexity index is 648. The topological polar surface area (TPSA) is 18.5 Å². The highest BCUT2D eigenvalue weighted by Gasteiger charge is 2.41. The fraction of sp³-hybridized carbons (Fsp3) is 0.636. The molecule has 0 aromatic heterocycles. The second kappa shape index (κ2) is 7.40. The standard InChI is InChI=1S/C22H28F2O2/c1-2-15-3-5-16(6-4-15)18-7-8-19(21(24)20(18)23)17-9-11-22(12-10-17)25-13-14-26-22/h2,7-8,15-17H,1,3-6,9-14H2. The lowest BCUT2D eigenvalue weighted by Gasteiger charge is -2.35. The summed E-state index contributed by atoms with van der Waals surface area (Å²) in [6, 6.07) is 3.66. The van der Waals surface area contributed by atoms with Gasteiger partial charge in [-0.2, -0.15) is 0 Å². The third kappa shape index (κ3) is 3.34. The van der Waals surface area contributed by atoms with Gasteiger partial charge in [0.2, 0.25) is 0 Å². The van der Waals surface area contributed by atoms with Crippen molar-refractivity contribution < 1.29 is 18.3 Å². The van der Waals surface area contributed by atoms with Crippen LogP contribution in [-0.2, 0) is 9.47 Å². The van der Waals surface area contributed by atoms with Crippen molar-refractivity contribution in [3.05, 3.63) is 47.5 Å². The zero-order chi connectivity index (χ0) is 18.1. The van der Waals surface area contributed by atoms with Crippen LogP contribution in [0.5, 0.6) is 0 Å². The first-order valence-electron chi connectivity index (χ1n) is 10.00. The Morgan fingerprint density at radius 1 is 0.846 bits per heavy atom. The summed E-state index contributed by atoms with van der Waals surface area (Å²) in [4.78, 5) is 0. The molecule has 1 spiro atoms. The van der Waals surface area contributed by atoms with Crippen LogP contribution < -0.4 is 0 Å². The van der Waals surface area contributed by atoms with E-state index in [4.69, 9.17) is 9.47 Å². The molecular weight excluding hydrogens is 334 g/mol. The lowest BCUT2D eigenvalue weighted by Crippen LogP contribution is -2.34. The van der Waals surface area contributed by atoms with Gasteiger partial charge in [-0.15, -0.1) is 6.58 Å². The zero-order valence-corrected chi connectivity index (χ0v) is 15.3. The van der Waals surface area contributed by atoms with Crippen LogP contribution in [-0.4, -0.2) is 19.0 Å². The second-order valence-electron chi connectivity index (χ2n) is 8.10. The Kier molecular flexibility index (Phi) is 5.15. The number of benzene rings is 1. The number of allylic oxidation sites excluding steroid dienone is 1. The molecule has 4 rings (SSSR count). The van der Waals surface area contributed by atoms with E-state index in [0.717, 1.165) is 51.4 Å². The summed E-state index contributed by atoms with van der Waals surface area (Å²) in [6.45, 7) is 5.12. The average Bonchev–Trinajstić information content (AvgIpc) is 3.13. The smallest absolute Gasteiger partial charge is 0.168 e. The van der Waals surface area contributed by atoms with Crippen LogP contribution in [0.25, 0.3) is 0 Å². The maximum Gasteiger partial charge on any atom is 0.168 e. The lowest BCUT2D eigenvalue weighted by molar-refractivity contribution is -0.178. The van der Waals surface area contributed by atoms with Crippen molar-refractivity contribution in [2.45, 2.75) is 69.0 Å². The maximum absolute atomic E-state index is 14.9. The minimum atomic E-state index is -0.637. The Morgan fingerprint density at radius 3 is 1.85 bits per heavy atom. The van der Waals surface area contributed by atoms with Crippen LogP contribution >= 0.6 is 0 Å². The summed E-state index contributed by atoms with van der Waals surface area (Å²) in [7, 11) is 0. The van der Waals surface area contributed by atoms with Gasteiger partial charge in [0.05, 0.1) is 13.2 Å². The van der Waals surface area contributed by atoms with E-state index in [9.17, 15) is 8.78 Å². The van der Waals surface area contributed by atoms with Crippen molar-refractivity contribution in [3.8, 4) is 0 Å². The van der Waals surface area contributed by atoms with Crippen molar-refractivity contribution >= 4 is 0 Å². The molecule has 142 valence electrons. The lowest BCUT2D eigenvalue weighted by atomic mass is 9.77. The zero-order valence-electron chi connectivity index (χ0n) is 15.3.